The third kappa shape index (κ3) is 3.92. The molecule has 1 amide bonds. The molecule has 25 heavy (non-hydrogen) atoms. The predicted molar refractivity (Wildman–Crippen MR) is 99.3 cm³/mol. The van der Waals surface area contributed by atoms with E-state index in [9.17, 15) is 9.59 Å². The Morgan fingerprint density at radius 1 is 0.920 bits per heavy atom. The lowest BCUT2D eigenvalue weighted by molar-refractivity contribution is -0.119. The summed E-state index contributed by atoms with van der Waals surface area (Å²) in [6.07, 6.45) is 0. The zero-order chi connectivity index (χ0) is 17.8. The number of amides is 1. The van der Waals surface area contributed by atoms with Crippen molar-refractivity contribution in [2.75, 3.05) is 11.9 Å². The first-order valence-electron chi connectivity index (χ1n) is 7.45. The zero-order valence-electron chi connectivity index (χ0n) is 13.0. The number of carbonyl (C=O) groups excluding carboxylic acids is 2. The fourth-order valence-corrected chi connectivity index (χ4v) is 2.77. The summed E-state index contributed by atoms with van der Waals surface area (Å²) >= 11 is 11.8. The lowest BCUT2D eigenvalue weighted by Gasteiger charge is -2.10. The Morgan fingerprint density at radius 2 is 1.64 bits per heavy atom. The van der Waals surface area contributed by atoms with Crippen LogP contribution in [0.5, 0.6) is 0 Å². The van der Waals surface area contributed by atoms with Gasteiger partial charge in [0, 0.05) is 11.1 Å². The average Bonchev–Trinajstić information content (AvgIpc) is 2.62. The van der Waals surface area contributed by atoms with E-state index in [4.69, 9.17) is 27.9 Å². The van der Waals surface area contributed by atoms with Crippen molar-refractivity contribution in [2.24, 2.45) is 0 Å². The van der Waals surface area contributed by atoms with Crippen molar-refractivity contribution in [2.45, 2.75) is 0 Å². The van der Waals surface area contributed by atoms with Gasteiger partial charge in [-0.25, -0.2) is 4.79 Å². The molecule has 0 aromatic heterocycles. The van der Waals surface area contributed by atoms with Gasteiger partial charge in [0.1, 0.15) is 0 Å². The molecular formula is C19H13Cl2NO3. The molecule has 0 aliphatic carbocycles. The third-order valence-electron chi connectivity index (χ3n) is 3.57. The van der Waals surface area contributed by atoms with E-state index in [0.29, 0.717) is 5.69 Å². The standard InChI is InChI=1S/C19H13Cl2NO3/c20-15-9-4-8-14(18(15)21)19(24)25-11-17(23)22-16-10-3-6-12-5-1-2-7-13(12)16/h1-10H,11H2,(H,22,23). The van der Waals surface area contributed by atoms with Gasteiger partial charge in [-0.3, -0.25) is 4.79 Å². The van der Waals surface area contributed by atoms with Crippen LogP contribution in [-0.2, 0) is 9.53 Å². The van der Waals surface area contributed by atoms with E-state index in [1.165, 1.54) is 6.07 Å². The number of ether oxygens (including phenoxy) is 1. The fourth-order valence-electron chi connectivity index (χ4n) is 2.39. The number of halogens is 2. The highest BCUT2D eigenvalue weighted by atomic mass is 35.5. The monoisotopic (exact) mass is 373 g/mol. The molecule has 0 fully saturated rings. The molecule has 4 nitrogen and oxygen atoms in total. The minimum atomic E-state index is -0.708. The van der Waals surface area contributed by atoms with Gasteiger partial charge in [-0.2, -0.15) is 0 Å². The van der Waals surface area contributed by atoms with Crippen molar-refractivity contribution in [3.05, 3.63) is 76.3 Å². The normalized spacial score (nSPS) is 10.5. The van der Waals surface area contributed by atoms with E-state index in [1.807, 2.05) is 36.4 Å². The Labute approximate surface area is 154 Å². The van der Waals surface area contributed by atoms with Gasteiger partial charge >= 0.3 is 5.97 Å². The summed E-state index contributed by atoms with van der Waals surface area (Å²) in [5, 5.41) is 5.00. The Morgan fingerprint density at radius 3 is 2.48 bits per heavy atom. The number of hydrogen-bond acceptors (Lipinski definition) is 3. The SMILES string of the molecule is O=C(COC(=O)c1cccc(Cl)c1Cl)Nc1cccc2ccccc12. The maximum absolute atomic E-state index is 12.1. The highest BCUT2D eigenvalue weighted by molar-refractivity contribution is 6.43. The molecule has 3 aromatic carbocycles. The van der Waals surface area contributed by atoms with Crippen LogP contribution in [0.2, 0.25) is 10.0 Å². The third-order valence-corrected chi connectivity index (χ3v) is 4.39. The number of benzene rings is 3. The molecule has 1 N–H and O–H groups in total. The second-order valence-corrected chi connectivity index (χ2v) is 6.04. The first-order chi connectivity index (χ1) is 12.1. The van der Waals surface area contributed by atoms with Crippen LogP contribution in [0.3, 0.4) is 0 Å². The maximum atomic E-state index is 12.1. The predicted octanol–water partition coefficient (Wildman–Crippen LogP) is 4.94. The number of anilines is 1. The molecule has 0 unspecified atom stereocenters. The van der Waals surface area contributed by atoms with Crippen molar-refractivity contribution in [3.63, 3.8) is 0 Å². The molecule has 0 aliphatic rings. The van der Waals surface area contributed by atoms with Crippen molar-refractivity contribution in [1.82, 2.24) is 0 Å². The van der Waals surface area contributed by atoms with Crippen LogP contribution in [0.1, 0.15) is 10.4 Å². The topological polar surface area (TPSA) is 55.4 Å². The number of hydrogen-bond donors (Lipinski definition) is 1. The summed E-state index contributed by atoms with van der Waals surface area (Å²) in [6, 6.07) is 17.9. The lowest BCUT2D eigenvalue weighted by atomic mass is 10.1. The van der Waals surface area contributed by atoms with Gasteiger partial charge in [0.25, 0.3) is 5.91 Å². The molecule has 0 saturated heterocycles. The van der Waals surface area contributed by atoms with Gasteiger partial charge < -0.3 is 10.1 Å². The molecule has 0 bridgehead atoms. The first-order valence-corrected chi connectivity index (χ1v) is 8.20. The van der Waals surface area contributed by atoms with E-state index in [1.54, 1.807) is 18.2 Å². The van der Waals surface area contributed by atoms with E-state index in [0.717, 1.165) is 10.8 Å². The Kier molecular flexibility index (Phi) is 5.22. The average molecular weight is 374 g/mol. The second kappa shape index (κ2) is 7.55. The summed E-state index contributed by atoms with van der Waals surface area (Å²) in [4.78, 5) is 24.1. The first kappa shape index (κ1) is 17.3. The molecule has 3 rings (SSSR count). The second-order valence-electron chi connectivity index (χ2n) is 5.25. The molecule has 0 heterocycles. The number of fused-ring (bicyclic) bond motifs is 1. The van der Waals surface area contributed by atoms with Crippen LogP contribution < -0.4 is 5.32 Å². The Bertz CT molecular complexity index is 951. The summed E-state index contributed by atoms with van der Waals surface area (Å²) in [5.74, 6) is -1.15. The van der Waals surface area contributed by atoms with Gasteiger partial charge in [-0.05, 0) is 23.6 Å². The van der Waals surface area contributed by atoms with Crippen molar-refractivity contribution in [3.8, 4) is 0 Å². The summed E-state index contributed by atoms with van der Waals surface area (Å²) in [6.45, 7) is -0.426. The molecule has 0 atom stereocenters. The van der Waals surface area contributed by atoms with Crippen LogP contribution in [0.4, 0.5) is 5.69 Å². The summed E-state index contributed by atoms with van der Waals surface area (Å²) < 4.78 is 5.02. The van der Waals surface area contributed by atoms with Crippen molar-refractivity contribution in [1.29, 1.82) is 0 Å². The quantitative estimate of drug-likeness (QED) is 0.658. The summed E-state index contributed by atoms with van der Waals surface area (Å²) in [5.41, 5.74) is 0.770. The van der Waals surface area contributed by atoms with Crippen molar-refractivity contribution < 1.29 is 14.3 Å². The van der Waals surface area contributed by atoms with Crippen LogP contribution in [0, 0.1) is 0 Å². The largest absolute Gasteiger partial charge is 0.452 e. The number of rotatable bonds is 4. The van der Waals surface area contributed by atoms with Crippen LogP contribution in [-0.4, -0.2) is 18.5 Å². The van der Waals surface area contributed by atoms with Crippen LogP contribution in [0.25, 0.3) is 10.8 Å². The molecule has 6 heteroatoms. The minimum absolute atomic E-state index is 0.101. The Hall–Kier alpha value is -2.56. The van der Waals surface area contributed by atoms with Crippen LogP contribution in [0.15, 0.2) is 60.7 Å². The molecule has 0 saturated carbocycles. The minimum Gasteiger partial charge on any atom is -0.452 e. The number of carbonyl (C=O) groups is 2. The Balaban J connectivity index is 1.67. The molecule has 3 aromatic rings. The molecule has 0 aliphatic heterocycles. The smallest absolute Gasteiger partial charge is 0.340 e. The molecule has 126 valence electrons. The molecule has 0 spiro atoms. The zero-order valence-corrected chi connectivity index (χ0v) is 14.5. The molecule has 0 radical (unpaired) electrons. The highest BCUT2D eigenvalue weighted by Gasteiger charge is 2.15. The summed E-state index contributed by atoms with van der Waals surface area (Å²) in [7, 11) is 0. The lowest BCUT2D eigenvalue weighted by Crippen LogP contribution is -2.21. The van der Waals surface area contributed by atoms with Gasteiger partial charge in [0.05, 0.1) is 15.6 Å². The highest BCUT2D eigenvalue weighted by Crippen LogP contribution is 2.26. The number of esters is 1. The van der Waals surface area contributed by atoms with E-state index in [-0.39, 0.29) is 15.6 Å². The van der Waals surface area contributed by atoms with Gasteiger partial charge in [0.15, 0.2) is 6.61 Å². The fraction of sp³-hybridized carbons (Fsp3) is 0.0526. The van der Waals surface area contributed by atoms with Gasteiger partial charge in [0.2, 0.25) is 0 Å². The van der Waals surface area contributed by atoms with Crippen LogP contribution >= 0.6 is 23.2 Å². The van der Waals surface area contributed by atoms with E-state index >= 15 is 0 Å². The van der Waals surface area contributed by atoms with E-state index in [2.05, 4.69) is 5.32 Å². The number of nitrogens with one attached hydrogen (secondary N) is 1. The molecular weight excluding hydrogens is 361 g/mol. The van der Waals surface area contributed by atoms with Crippen molar-refractivity contribution >= 4 is 51.5 Å². The van der Waals surface area contributed by atoms with E-state index < -0.39 is 18.5 Å². The van der Waals surface area contributed by atoms with Gasteiger partial charge in [-0.15, -0.1) is 0 Å². The maximum Gasteiger partial charge on any atom is 0.340 e. The van der Waals surface area contributed by atoms with Gasteiger partial charge in [-0.1, -0.05) is 65.7 Å².